The van der Waals surface area contributed by atoms with Crippen molar-refractivity contribution in [1.82, 2.24) is 0 Å². The normalized spacial score (nSPS) is 14.3. The monoisotopic (exact) mass is 558 g/mol. The Morgan fingerprint density at radius 2 is 1.31 bits per heavy atom. The van der Waals surface area contributed by atoms with Crippen LogP contribution in [0.4, 0.5) is 0 Å². The Morgan fingerprint density at radius 1 is 0.556 bits per heavy atom. The molecule has 6 rings (SSSR count). The number of aromatic hydroxyl groups is 4. The first kappa shape index (κ1) is 24.7. The van der Waals surface area contributed by atoms with Crippen LogP contribution in [0.1, 0.15) is 22.3 Å². The Kier molecular flexibility index (Phi) is 6.48. The van der Waals surface area contributed by atoms with Gasteiger partial charge in [-0.1, -0.05) is 58.5 Å². The Morgan fingerprint density at radius 3 is 2.08 bits per heavy atom. The lowest BCUT2D eigenvalue weighted by atomic mass is 9.92. The number of hydrogen-bond acceptors (Lipinski definition) is 4. The van der Waals surface area contributed by atoms with Crippen LogP contribution >= 0.6 is 46.4 Å². The molecule has 0 aliphatic heterocycles. The van der Waals surface area contributed by atoms with E-state index in [9.17, 15) is 20.4 Å². The maximum Gasteiger partial charge on any atom is 0.142 e. The topological polar surface area (TPSA) is 80.9 Å². The summed E-state index contributed by atoms with van der Waals surface area (Å²) in [6.45, 7) is 0. The summed E-state index contributed by atoms with van der Waals surface area (Å²) in [5.74, 6) is -0.456. The Bertz CT molecular complexity index is 1580. The molecule has 0 atom stereocenters. The number of hydrogen-bond donors (Lipinski definition) is 4. The molecular formula is C28H18Cl4O4. The van der Waals surface area contributed by atoms with Crippen LogP contribution in [-0.2, 0) is 12.8 Å². The van der Waals surface area contributed by atoms with E-state index >= 15 is 0 Å². The summed E-state index contributed by atoms with van der Waals surface area (Å²) in [5.41, 5.74) is 4.33. The van der Waals surface area contributed by atoms with Gasteiger partial charge in [0.25, 0.3) is 0 Å². The van der Waals surface area contributed by atoms with E-state index in [2.05, 4.69) is 0 Å². The Labute approximate surface area is 227 Å². The molecule has 6 bridgehead atoms. The van der Waals surface area contributed by atoms with E-state index < -0.39 is 0 Å². The molecule has 0 saturated heterocycles. The standard InChI is InChI=1S/C28H18Cl4O4/c29-21-9-14-8-20(27(35)23(31)10-14)19-7-13(2-6-24(19)33)1-3-15-11-25(34)22(30)12-18(15)16-4-5-17(21)26(32)28(16)36/h2,4-12,33-36H,1,3H2/b21-9+. The van der Waals surface area contributed by atoms with Crippen molar-refractivity contribution in [3.8, 4) is 45.3 Å². The quantitative estimate of drug-likeness (QED) is 0.174. The van der Waals surface area contributed by atoms with E-state index in [1.54, 1.807) is 60.7 Å². The maximum atomic E-state index is 11.0. The zero-order valence-electron chi connectivity index (χ0n) is 18.5. The molecule has 36 heavy (non-hydrogen) atoms. The summed E-state index contributed by atoms with van der Waals surface area (Å²) < 4.78 is 0. The summed E-state index contributed by atoms with van der Waals surface area (Å²) in [5, 5.41) is 43.1. The fraction of sp³-hybridized carbons (Fsp3) is 0.0714. The van der Waals surface area contributed by atoms with Crippen molar-refractivity contribution in [3.63, 3.8) is 0 Å². The molecule has 0 amide bonds. The molecular weight excluding hydrogens is 542 g/mol. The molecule has 0 fully saturated rings. The van der Waals surface area contributed by atoms with Gasteiger partial charge in [0.1, 0.15) is 23.0 Å². The van der Waals surface area contributed by atoms with Crippen LogP contribution in [0.3, 0.4) is 0 Å². The smallest absolute Gasteiger partial charge is 0.142 e. The van der Waals surface area contributed by atoms with Crippen LogP contribution in [0.5, 0.6) is 23.0 Å². The van der Waals surface area contributed by atoms with Crippen molar-refractivity contribution in [1.29, 1.82) is 0 Å². The lowest BCUT2D eigenvalue weighted by Crippen LogP contribution is -1.97. The molecule has 182 valence electrons. The second-order valence-electron chi connectivity index (χ2n) is 8.53. The highest BCUT2D eigenvalue weighted by molar-refractivity contribution is 6.53. The fourth-order valence-electron chi connectivity index (χ4n) is 4.40. The molecule has 0 unspecified atom stereocenters. The van der Waals surface area contributed by atoms with Gasteiger partial charge in [-0.3, -0.25) is 0 Å². The number of halogens is 4. The largest absolute Gasteiger partial charge is 0.507 e. The number of phenols is 4. The number of benzene rings is 4. The van der Waals surface area contributed by atoms with Gasteiger partial charge in [0.05, 0.1) is 20.1 Å². The highest BCUT2D eigenvalue weighted by Gasteiger charge is 2.20. The van der Waals surface area contributed by atoms with Crippen molar-refractivity contribution in [2.45, 2.75) is 12.8 Å². The molecule has 2 aliphatic carbocycles. The zero-order valence-corrected chi connectivity index (χ0v) is 21.5. The average molecular weight is 560 g/mol. The maximum absolute atomic E-state index is 11.0. The van der Waals surface area contributed by atoms with Gasteiger partial charge in [-0.2, -0.15) is 0 Å². The fourth-order valence-corrected chi connectivity index (χ4v) is 5.39. The van der Waals surface area contributed by atoms with Crippen molar-refractivity contribution in [2.24, 2.45) is 0 Å². The minimum absolute atomic E-state index is 0.0221. The molecule has 0 radical (unpaired) electrons. The molecule has 0 aromatic heterocycles. The van der Waals surface area contributed by atoms with Gasteiger partial charge in [-0.05, 0) is 83.6 Å². The predicted molar refractivity (Wildman–Crippen MR) is 147 cm³/mol. The Balaban J connectivity index is 1.82. The third kappa shape index (κ3) is 4.35. The highest BCUT2D eigenvalue weighted by Crippen LogP contribution is 2.46. The van der Waals surface area contributed by atoms with E-state index in [1.165, 1.54) is 0 Å². The highest BCUT2D eigenvalue weighted by atomic mass is 35.5. The van der Waals surface area contributed by atoms with Crippen LogP contribution < -0.4 is 0 Å². The minimum Gasteiger partial charge on any atom is -0.507 e. The molecule has 4 aromatic carbocycles. The SMILES string of the molecule is Oc1cc2c(cc1Cl)-c1ccc(c(Cl)c1O)/C(Cl)=C\c1cc(Cl)c(O)c(c1)-c1cc(ccc1O)CC2. The third-order valence-corrected chi connectivity index (χ3v) is 7.54. The van der Waals surface area contributed by atoms with Crippen molar-refractivity contribution < 1.29 is 20.4 Å². The van der Waals surface area contributed by atoms with Crippen molar-refractivity contribution >= 4 is 57.5 Å². The zero-order chi connectivity index (χ0) is 25.7. The number of aryl methyl sites for hydroxylation is 2. The Hall–Kier alpha value is -3.02. The van der Waals surface area contributed by atoms with Crippen LogP contribution in [0.25, 0.3) is 33.4 Å². The van der Waals surface area contributed by atoms with Crippen LogP contribution in [0.2, 0.25) is 15.1 Å². The summed E-state index contributed by atoms with van der Waals surface area (Å²) in [6, 6.07) is 14.8. The lowest BCUT2D eigenvalue weighted by Gasteiger charge is -2.17. The molecule has 0 saturated carbocycles. The summed E-state index contributed by atoms with van der Waals surface area (Å²) in [4.78, 5) is 0. The van der Waals surface area contributed by atoms with Gasteiger partial charge < -0.3 is 20.4 Å². The number of fused-ring (bicyclic) bond motifs is 3. The summed E-state index contributed by atoms with van der Waals surface area (Å²) in [6.07, 6.45) is 2.59. The second-order valence-corrected chi connectivity index (χ2v) is 10.1. The predicted octanol–water partition coefficient (Wildman–Crippen LogP) is 8.64. The summed E-state index contributed by atoms with van der Waals surface area (Å²) in [7, 11) is 0. The lowest BCUT2D eigenvalue weighted by molar-refractivity contribution is 0.469. The van der Waals surface area contributed by atoms with Crippen molar-refractivity contribution in [3.05, 3.63) is 91.9 Å². The van der Waals surface area contributed by atoms with Gasteiger partial charge in [0.2, 0.25) is 0 Å². The van der Waals surface area contributed by atoms with Gasteiger partial charge in [0.15, 0.2) is 0 Å². The first-order chi connectivity index (χ1) is 17.1. The molecule has 4 aromatic rings. The van der Waals surface area contributed by atoms with Gasteiger partial charge >= 0.3 is 0 Å². The number of phenolic OH excluding ortho intramolecular Hbond substituents is 4. The van der Waals surface area contributed by atoms with Gasteiger partial charge in [-0.15, -0.1) is 0 Å². The minimum atomic E-state index is -0.177. The van der Waals surface area contributed by atoms with E-state index in [0.717, 1.165) is 11.1 Å². The van der Waals surface area contributed by atoms with E-state index in [1.807, 2.05) is 0 Å². The molecule has 0 spiro atoms. The van der Waals surface area contributed by atoms with Gasteiger partial charge in [0, 0.05) is 22.3 Å². The third-order valence-electron chi connectivity index (χ3n) is 6.25. The summed E-state index contributed by atoms with van der Waals surface area (Å²) >= 11 is 25.7. The van der Waals surface area contributed by atoms with Crippen LogP contribution in [0, 0.1) is 0 Å². The van der Waals surface area contributed by atoms with Crippen LogP contribution in [0.15, 0.2) is 54.6 Å². The first-order valence-electron chi connectivity index (χ1n) is 10.9. The van der Waals surface area contributed by atoms with Gasteiger partial charge in [-0.25, -0.2) is 0 Å². The average Bonchev–Trinajstić information content (AvgIpc) is 2.84. The molecule has 2 aliphatic rings. The van der Waals surface area contributed by atoms with E-state index in [-0.39, 0.29) is 43.1 Å². The first-order valence-corrected chi connectivity index (χ1v) is 12.4. The molecule has 0 heterocycles. The molecule has 4 N–H and O–H groups in total. The van der Waals surface area contributed by atoms with E-state index in [4.69, 9.17) is 46.4 Å². The molecule has 8 heteroatoms. The van der Waals surface area contributed by atoms with E-state index in [0.29, 0.717) is 46.2 Å². The second kappa shape index (κ2) is 9.45. The number of rotatable bonds is 0. The molecule has 4 nitrogen and oxygen atoms in total. The van der Waals surface area contributed by atoms with Crippen LogP contribution in [-0.4, -0.2) is 20.4 Å². The van der Waals surface area contributed by atoms with Crippen molar-refractivity contribution in [2.75, 3.05) is 0 Å².